The molecule has 5 heteroatoms. The van der Waals surface area contributed by atoms with E-state index in [1.807, 2.05) is 25.1 Å². The van der Waals surface area contributed by atoms with Crippen LogP contribution in [0.3, 0.4) is 0 Å². The van der Waals surface area contributed by atoms with E-state index in [2.05, 4.69) is 5.32 Å². The number of amides is 2. The number of hydrogen-bond acceptors (Lipinski definition) is 3. The lowest BCUT2D eigenvalue weighted by Crippen LogP contribution is -2.36. The molecule has 1 rings (SSSR count). The molecule has 2 amide bonds. The Kier molecular flexibility index (Phi) is 6.00. The van der Waals surface area contributed by atoms with Gasteiger partial charge >= 0.3 is 6.03 Å². The summed E-state index contributed by atoms with van der Waals surface area (Å²) in [5.74, 6) is 0.720. The van der Waals surface area contributed by atoms with Crippen LogP contribution in [-0.4, -0.2) is 37.7 Å². The molecule has 0 saturated heterocycles. The molecule has 0 bridgehead atoms. The average molecular weight is 251 g/mol. The molecule has 0 aliphatic heterocycles. The highest BCUT2D eigenvalue weighted by atomic mass is 16.5. The highest BCUT2D eigenvalue weighted by Crippen LogP contribution is 2.17. The first kappa shape index (κ1) is 14.3. The molecule has 1 aromatic carbocycles. The van der Waals surface area contributed by atoms with Crippen LogP contribution < -0.4 is 15.8 Å². The first-order valence-electron chi connectivity index (χ1n) is 6.11. The van der Waals surface area contributed by atoms with Gasteiger partial charge in [-0.3, -0.25) is 0 Å². The number of carbonyl (C=O) groups excluding carboxylic acids is 1. The monoisotopic (exact) mass is 251 g/mol. The van der Waals surface area contributed by atoms with Crippen LogP contribution >= 0.6 is 0 Å². The maximum atomic E-state index is 12.0. The minimum absolute atomic E-state index is 0.112. The number of nitrogens with one attached hydrogen (secondary N) is 1. The Balaban J connectivity index is 2.61. The smallest absolute Gasteiger partial charge is 0.321 e. The molecule has 0 aliphatic carbocycles. The predicted octanol–water partition coefficient (Wildman–Crippen LogP) is 1.90. The molecule has 5 nitrogen and oxygen atoms in total. The van der Waals surface area contributed by atoms with Gasteiger partial charge in [-0.25, -0.2) is 4.79 Å². The maximum Gasteiger partial charge on any atom is 0.321 e. The molecule has 0 aromatic heterocycles. The Labute approximate surface area is 108 Å². The largest absolute Gasteiger partial charge is 0.497 e. The van der Waals surface area contributed by atoms with Crippen molar-refractivity contribution >= 4 is 11.7 Å². The summed E-state index contributed by atoms with van der Waals surface area (Å²) in [6, 6.07) is 7.18. The normalized spacial score (nSPS) is 9.94. The van der Waals surface area contributed by atoms with E-state index in [4.69, 9.17) is 10.5 Å². The van der Waals surface area contributed by atoms with Gasteiger partial charge in [-0.2, -0.15) is 0 Å². The number of benzene rings is 1. The van der Waals surface area contributed by atoms with Crippen LogP contribution in [0, 0.1) is 0 Å². The van der Waals surface area contributed by atoms with Gasteiger partial charge in [-0.05, 0) is 32.0 Å². The third-order valence-electron chi connectivity index (χ3n) is 2.62. The van der Waals surface area contributed by atoms with Crippen molar-refractivity contribution in [2.45, 2.75) is 13.3 Å². The molecule has 3 N–H and O–H groups in total. The van der Waals surface area contributed by atoms with Crippen LogP contribution in [0.4, 0.5) is 10.5 Å². The van der Waals surface area contributed by atoms with E-state index in [0.29, 0.717) is 19.6 Å². The lowest BCUT2D eigenvalue weighted by Gasteiger charge is -2.21. The summed E-state index contributed by atoms with van der Waals surface area (Å²) in [5.41, 5.74) is 6.17. The third kappa shape index (κ3) is 4.25. The van der Waals surface area contributed by atoms with Crippen LogP contribution in [-0.2, 0) is 0 Å². The second-order valence-electron chi connectivity index (χ2n) is 3.88. The van der Waals surface area contributed by atoms with Gasteiger partial charge in [0.15, 0.2) is 0 Å². The zero-order chi connectivity index (χ0) is 13.4. The van der Waals surface area contributed by atoms with Gasteiger partial charge in [0.2, 0.25) is 0 Å². The van der Waals surface area contributed by atoms with Crippen molar-refractivity contribution in [3.05, 3.63) is 24.3 Å². The number of nitrogens with two attached hydrogens (primary N) is 1. The number of hydrogen-bond donors (Lipinski definition) is 2. The first-order valence-corrected chi connectivity index (χ1v) is 6.11. The van der Waals surface area contributed by atoms with Crippen LogP contribution in [0.15, 0.2) is 24.3 Å². The van der Waals surface area contributed by atoms with Crippen molar-refractivity contribution in [1.82, 2.24) is 4.90 Å². The highest BCUT2D eigenvalue weighted by molar-refractivity contribution is 5.89. The van der Waals surface area contributed by atoms with Crippen molar-refractivity contribution < 1.29 is 9.53 Å². The molecule has 18 heavy (non-hydrogen) atoms. The number of urea groups is 1. The summed E-state index contributed by atoms with van der Waals surface area (Å²) >= 11 is 0. The van der Waals surface area contributed by atoms with Gasteiger partial charge in [0.1, 0.15) is 5.75 Å². The highest BCUT2D eigenvalue weighted by Gasteiger charge is 2.10. The Morgan fingerprint density at radius 2 is 2.28 bits per heavy atom. The van der Waals surface area contributed by atoms with E-state index >= 15 is 0 Å². The number of carbonyl (C=O) groups is 1. The lowest BCUT2D eigenvalue weighted by atomic mass is 10.3. The predicted molar refractivity (Wildman–Crippen MR) is 72.9 cm³/mol. The number of anilines is 1. The lowest BCUT2D eigenvalue weighted by molar-refractivity contribution is 0.214. The molecule has 0 aliphatic rings. The molecule has 0 fully saturated rings. The Morgan fingerprint density at radius 3 is 2.89 bits per heavy atom. The van der Waals surface area contributed by atoms with Crippen LogP contribution in [0.1, 0.15) is 13.3 Å². The minimum Gasteiger partial charge on any atom is -0.497 e. The fourth-order valence-electron chi connectivity index (χ4n) is 1.59. The summed E-state index contributed by atoms with van der Waals surface area (Å²) < 4.78 is 5.11. The second-order valence-corrected chi connectivity index (χ2v) is 3.88. The third-order valence-corrected chi connectivity index (χ3v) is 2.62. The summed E-state index contributed by atoms with van der Waals surface area (Å²) in [4.78, 5) is 13.7. The van der Waals surface area contributed by atoms with E-state index in [0.717, 1.165) is 17.9 Å². The van der Waals surface area contributed by atoms with Crippen molar-refractivity contribution in [3.63, 3.8) is 0 Å². The number of rotatable bonds is 6. The topological polar surface area (TPSA) is 67.6 Å². The zero-order valence-corrected chi connectivity index (χ0v) is 11.0. The summed E-state index contributed by atoms with van der Waals surface area (Å²) in [6.07, 6.45) is 0.805. The first-order chi connectivity index (χ1) is 8.71. The minimum atomic E-state index is -0.112. The van der Waals surface area contributed by atoms with E-state index in [9.17, 15) is 4.79 Å². The van der Waals surface area contributed by atoms with Crippen molar-refractivity contribution in [2.24, 2.45) is 5.73 Å². The van der Waals surface area contributed by atoms with Crippen LogP contribution in [0.5, 0.6) is 5.75 Å². The fourth-order valence-corrected chi connectivity index (χ4v) is 1.59. The van der Waals surface area contributed by atoms with Gasteiger partial charge < -0.3 is 20.7 Å². The molecule has 1 aromatic rings. The molecule has 0 spiro atoms. The molecular formula is C13H21N3O2. The average Bonchev–Trinajstić information content (AvgIpc) is 2.40. The van der Waals surface area contributed by atoms with E-state index < -0.39 is 0 Å². The SMILES string of the molecule is CCN(CCCN)C(=O)Nc1cccc(OC)c1. The molecule has 0 saturated carbocycles. The van der Waals surface area contributed by atoms with Crippen LogP contribution in [0.25, 0.3) is 0 Å². The zero-order valence-electron chi connectivity index (χ0n) is 11.0. The van der Waals surface area contributed by atoms with Gasteiger partial charge in [-0.15, -0.1) is 0 Å². The van der Waals surface area contributed by atoms with Gasteiger partial charge in [0.25, 0.3) is 0 Å². The molecule has 0 heterocycles. The molecular weight excluding hydrogens is 230 g/mol. The number of methoxy groups -OCH3 is 1. The van der Waals surface area contributed by atoms with Crippen molar-refractivity contribution in [3.8, 4) is 5.75 Å². The van der Waals surface area contributed by atoms with Gasteiger partial charge in [0.05, 0.1) is 7.11 Å². The van der Waals surface area contributed by atoms with Crippen molar-refractivity contribution in [2.75, 3.05) is 32.1 Å². The van der Waals surface area contributed by atoms with Gasteiger partial charge in [-0.1, -0.05) is 6.07 Å². The molecule has 0 unspecified atom stereocenters. The standard InChI is InChI=1S/C13H21N3O2/c1-3-16(9-5-8-14)13(17)15-11-6-4-7-12(10-11)18-2/h4,6-7,10H,3,5,8-9,14H2,1-2H3,(H,15,17). The van der Waals surface area contributed by atoms with E-state index in [1.54, 1.807) is 18.1 Å². The number of nitrogens with zero attached hydrogens (tertiary/aromatic N) is 1. The molecule has 100 valence electrons. The quantitative estimate of drug-likeness (QED) is 0.811. The van der Waals surface area contributed by atoms with Crippen LogP contribution in [0.2, 0.25) is 0 Å². The maximum absolute atomic E-state index is 12.0. The molecule has 0 radical (unpaired) electrons. The summed E-state index contributed by atoms with van der Waals surface area (Å²) in [6.45, 7) is 3.86. The van der Waals surface area contributed by atoms with Gasteiger partial charge in [0, 0.05) is 24.8 Å². The second kappa shape index (κ2) is 7.55. The Hall–Kier alpha value is -1.75. The van der Waals surface area contributed by atoms with E-state index in [-0.39, 0.29) is 6.03 Å². The van der Waals surface area contributed by atoms with Crippen molar-refractivity contribution in [1.29, 1.82) is 0 Å². The fraction of sp³-hybridized carbons (Fsp3) is 0.462. The summed E-state index contributed by atoms with van der Waals surface area (Å²) in [5, 5.41) is 2.84. The Bertz CT molecular complexity index is 382. The van der Waals surface area contributed by atoms with E-state index in [1.165, 1.54) is 0 Å². The summed E-state index contributed by atoms with van der Waals surface area (Å²) in [7, 11) is 1.60. The molecule has 0 atom stereocenters. The number of ether oxygens (including phenoxy) is 1. The Morgan fingerprint density at radius 1 is 1.50 bits per heavy atom.